The summed E-state index contributed by atoms with van der Waals surface area (Å²) >= 11 is 0. The number of nitrogens with one attached hydrogen (secondary N) is 1. The Balaban J connectivity index is 3.04. The normalized spacial score (nSPS) is 12.0. The van der Waals surface area contributed by atoms with Gasteiger partial charge in [-0.15, -0.1) is 0 Å². The first-order chi connectivity index (χ1) is 6.85. The molecule has 0 aliphatic carbocycles. The van der Waals surface area contributed by atoms with Crippen LogP contribution in [0, 0.1) is 0 Å². The van der Waals surface area contributed by atoms with E-state index in [1.165, 1.54) is 12.5 Å². The molecule has 5 heteroatoms. The molecule has 0 spiro atoms. The maximum atomic E-state index is 5.36. The lowest BCUT2D eigenvalue weighted by molar-refractivity contribution is -0.0876. The van der Waals surface area contributed by atoms with Crippen molar-refractivity contribution in [3.05, 3.63) is 0 Å². The minimum Gasteiger partial charge on any atom is -0.356 e. The monoisotopic (exact) mass is 220 g/mol. The Morgan fingerprint density at radius 3 is 2.57 bits per heavy atom. The minimum absolute atomic E-state index is 0.0136. The number of rotatable bonds is 10. The van der Waals surface area contributed by atoms with Crippen molar-refractivity contribution in [1.82, 2.24) is 5.32 Å². The summed E-state index contributed by atoms with van der Waals surface area (Å²) in [6.45, 7) is 2.75. The standard InChI is InChI=1S/C9H24N2O2Si/c1-12-9(13-2)8-14-7-3-5-11-6-4-10/h9,11H,3-8,10,14H2,1-2H3. The Morgan fingerprint density at radius 2 is 2.00 bits per heavy atom. The highest BCUT2D eigenvalue weighted by atomic mass is 28.2. The molecule has 0 fully saturated rings. The number of hydrogen-bond acceptors (Lipinski definition) is 4. The van der Waals surface area contributed by atoms with E-state index in [0.29, 0.717) is 0 Å². The van der Waals surface area contributed by atoms with E-state index in [1.54, 1.807) is 14.2 Å². The predicted molar refractivity (Wildman–Crippen MR) is 62.5 cm³/mol. The summed E-state index contributed by atoms with van der Waals surface area (Å²) in [5.74, 6) is 0. The van der Waals surface area contributed by atoms with Crippen LogP contribution >= 0.6 is 0 Å². The van der Waals surface area contributed by atoms with Crippen LogP contribution in [0.5, 0.6) is 0 Å². The zero-order valence-corrected chi connectivity index (χ0v) is 10.8. The van der Waals surface area contributed by atoms with Crippen LogP contribution in [-0.4, -0.2) is 49.7 Å². The van der Waals surface area contributed by atoms with Crippen molar-refractivity contribution in [1.29, 1.82) is 0 Å². The molecule has 3 N–H and O–H groups in total. The lowest BCUT2D eigenvalue weighted by atomic mass is 10.5. The first-order valence-corrected chi connectivity index (χ1v) is 7.31. The van der Waals surface area contributed by atoms with Gasteiger partial charge in [-0.3, -0.25) is 0 Å². The fourth-order valence-electron chi connectivity index (χ4n) is 1.30. The second-order valence-corrected chi connectivity index (χ2v) is 5.28. The first-order valence-electron chi connectivity index (χ1n) is 5.31. The minimum atomic E-state index is -0.0136. The van der Waals surface area contributed by atoms with Gasteiger partial charge in [0.1, 0.15) is 0 Å². The van der Waals surface area contributed by atoms with E-state index < -0.39 is 0 Å². The molecule has 0 aromatic heterocycles. The highest BCUT2D eigenvalue weighted by molar-refractivity contribution is 6.35. The Morgan fingerprint density at radius 1 is 1.29 bits per heavy atom. The molecular weight excluding hydrogens is 196 g/mol. The van der Waals surface area contributed by atoms with Crippen molar-refractivity contribution < 1.29 is 9.47 Å². The van der Waals surface area contributed by atoms with Gasteiger partial charge in [-0.1, -0.05) is 6.04 Å². The summed E-state index contributed by atoms with van der Waals surface area (Å²) in [4.78, 5) is 0. The van der Waals surface area contributed by atoms with Crippen LogP contribution in [0.3, 0.4) is 0 Å². The van der Waals surface area contributed by atoms with Gasteiger partial charge in [-0.25, -0.2) is 0 Å². The molecule has 0 saturated heterocycles. The molecule has 0 atom stereocenters. The van der Waals surface area contributed by atoms with Gasteiger partial charge in [0.25, 0.3) is 0 Å². The summed E-state index contributed by atoms with van der Waals surface area (Å²) in [7, 11) is 3.39. The molecule has 0 aliphatic heterocycles. The van der Waals surface area contributed by atoms with Gasteiger partial charge in [0.05, 0.1) is 0 Å². The zero-order valence-electron chi connectivity index (χ0n) is 9.42. The molecule has 0 heterocycles. The van der Waals surface area contributed by atoms with Crippen molar-refractivity contribution in [3.8, 4) is 0 Å². The fourth-order valence-corrected chi connectivity index (χ4v) is 2.99. The molecule has 0 saturated carbocycles. The van der Waals surface area contributed by atoms with Gasteiger partial charge in [0.15, 0.2) is 6.29 Å². The molecule has 0 aliphatic rings. The molecule has 0 bridgehead atoms. The van der Waals surface area contributed by atoms with E-state index >= 15 is 0 Å². The molecule has 0 aromatic carbocycles. The van der Waals surface area contributed by atoms with Gasteiger partial charge in [-0.05, 0) is 19.0 Å². The van der Waals surface area contributed by atoms with Gasteiger partial charge >= 0.3 is 0 Å². The first kappa shape index (κ1) is 14.1. The lowest BCUT2D eigenvalue weighted by Crippen LogP contribution is -2.23. The average Bonchev–Trinajstić information content (AvgIpc) is 2.22. The van der Waals surface area contributed by atoms with Crippen molar-refractivity contribution >= 4 is 9.52 Å². The van der Waals surface area contributed by atoms with Crippen molar-refractivity contribution in [3.63, 3.8) is 0 Å². The van der Waals surface area contributed by atoms with Gasteiger partial charge in [-0.2, -0.15) is 0 Å². The third-order valence-corrected chi connectivity index (χ3v) is 4.02. The average molecular weight is 220 g/mol. The SMILES string of the molecule is COC(C[SiH2]CCCNCCN)OC. The van der Waals surface area contributed by atoms with Gasteiger partial charge < -0.3 is 20.5 Å². The molecule has 86 valence electrons. The van der Waals surface area contributed by atoms with Crippen LogP contribution in [-0.2, 0) is 9.47 Å². The summed E-state index contributed by atoms with van der Waals surface area (Å²) in [6.07, 6.45) is 1.28. The number of hydrogen-bond donors (Lipinski definition) is 2. The maximum absolute atomic E-state index is 5.36. The smallest absolute Gasteiger partial charge is 0.153 e. The van der Waals surface area contributed by atoms with Crippen molar-refractivity contribution in [2.45, 2.75) is 24.8 Å². The zero-order chi connectivity index (χ0) is 10.6. The van der Waals surface area contributed by atoms with E-state index in [0.717, 1.165) is 25.7 Å². The van der Waals surface area contributed by atoms with Gasteiger partial charge in [0, 0.05) is 36.8 Å². The highest BCUT2D eigenvalue weighted by Crippen LogP contribution is 2.00. The largest absolute Gasteiger partial charge is 0.356 e. The summed E-state index contributed by atoms with van der Waals surface area (Å²) < 4.78 is 10.2. The predicted octanol–water partition coefficient (Wildman–Crippen LogP) is -0.451. The maximum Gasteiger partial charge on any atom is 0.153 e. The molecule has 14 heavy (non-hydrogen) atoms. The molecule has 0 unspecified atom stereocenters. The molecule has 0 rings (SSSR count). The summed E-state index contributed by atoms with van der Waals surface area (Å²) in [6, 6.07) is 2.46. The second kappa shape index (κ2) is 11.1. The molecule has 0 amide bonds. The third kappa shape index (κ3) is 8.65. The van der Waals surface area contributed by atoms with E-state index in [-0.39, 0.29) is 15.8 Å². The number of ether oxygens (including phenoxy) is 2. The van der Waals surface area contributed by atoms with Crippen LogP contribution in [0.15, 0.2) is 0 Å². The van der Waals surface area contributed by atoms with Crippen LogP contribution in [0.4, 0.5) is 0 Å². The van der Waals surface area contributed by atoms with Crippen LogP contribution in [0.25, 0.3) is 0 Å². The molecule has 0 aromatic rings. The summed E-state index contributed by atoms with van der Waals surface area (Å²) in [5.41, 5.74) is 5.36. The second-order valence-electron chi connectivity index (χ2n) is 3.29. The van der Waals surface area contributed by atoms with Crippen LogP contribution in [0.2, 0.25) is 12.1 Å². The van der Waals surface area contributed by atoms with Gasteiger partial charge in [0.2, 0.25) is 0 Å². The van der Waals surface area contributed by atoms with Crippen LogP contribution in [0.1, 0.15) is 6.42 Å². The quantitative estimate of drug-likeness (QED) is 0.297. The van der Waals surface area contributed by atoms with Crippen molar-refractivity contribution in [2.75, 3.05) is 33.9 Å². The van der Waals surface area contributed by atoms with E-state index in [4.69, 9.17) is 15.2 Å². The van der Waals surface area contributed by atoms with Crippen LogP contribution < -0.4 is 11.1 Å². The molecular formula is C9H24N2O2Si. The number of nitrogens with two attached hydrogens (primary N) is 1. The Hall–Kier alpha value is 0.0569. The Kier molecular flexibility index (Phi) is 11.2. The number of methoxy groups -OCH3 is 2. The van der Waals surface area contributed by atoms with E-state index in [1.807, 2.05) is 0 Å². The molecule has 0 radical (unpaired) electrons. The van der Waals surface area contributed by atoms with E-state index in [9.17, 15) is 0 Å². The molecule has 4 nitrogen and oxygen atoms in total. The highest BCUT2D eigenvalue weighted by Gasteiger charge is 2.03. The fraction of sp³-hybridized carbons (Fsp3) is 1.00. The van der Waals surface area contributed by atoms with Crippen molar-refractivity contribution in [2.24, 2.45) is 5.73 Å². The Labute approximate surface area is 89.3 Å². The lowest BCUT2D eigenvalue weighted by Gasteiger charge is -2.12. The Bertz CT molecular complexity index is 113. The third-order valence-electron chi connectivity index (χ3n) is 2.14. The van der Waals surface area contributed by atoms with E-state index in [2.05, 4.69) is 5.32 Å². The topological polar surface area (TPSA) is 56.5 Å². The summed E-state index contributed by atoms with van der Waals surface area (Å²) in [5, 5.41) is 3.29.